The fourth-order valence-electron chi connectivity index (χ4n) is 3.53. The van der Waals surface area contributed by atoms with E-state index in [1.165, 1.54) is 0 Å². The maximum absolute atomic E-state index is 12.8. The molecule has 2 aliphatic rings. The lowest BCUT2D eigenvalue weighted by Crippen LogP contribution is -2.43. The Labute approximate surface area is 161 Å². The van der Waals surface area contributed by atoms with Crippen molar-refractivity contribution in [2.75, 3.05) is 39.1 Å². The van der Waals surface area contributed by atoms with Crippen molar-refractivity contribution in [3.8, 4) is 5.75 Å². The maximum atomic E-state index is 12.8. The molecule has 7 nitrogen and oxygen atoms in total. The maximum Gasteiger partial charge on any atom is 0.253 e. The van der Waals surface area contributed by atoms with Gasteiger partial charge in [0.15, 0.2) is 0 Å². The van der Waals surface area contributed by atoms with E-state index in [9.17, 15) is 13.2 Å². The molecule has 8 heteroatoms. The zero-order valence-corrected chi connectivity index (χ0v) is 16.5. The van der Waals surface area contributed by atoms with E-state index in [1.54, 1.807) is 17.0 Å². The van der Waals surface area contributed by atoms with E-state index in [2.05, 4.69) is 4.72 Å². The number of carbonyl (C=O) groups excluding carboxylic acids is 1. The second-order valence-corrected chi connectivity index (χ2v) is 9.18. The van der Waals surface area contributed by atoms with E-state index >= 15 is 0 Å². The van der Waals surface area contributed by atoms with Crippen molar-refractivity contribution in [1.29, 1.82) is 0 Å². The summed E-state index contributed by atoms with van der Waals surface area (Å²) in [7, 11) is -3.21. The standard InChI is InChI=1S/C19H28N2O5S/c1-27(23,24)20-12-15-4-2-10-21(13-15)19(22)16-6-8-17(9-7-16)26-14-18-5-3-11-25-18/h6-9,15,18,20H,2-5,10-14H2,1H3/t15-,18-/m0/s1. The zero-order valence-electron chi connectivity index (χ0n) is 15.7. The van der Waals surface area contributed by atoms with Crippen LogP contribution in [0.4, 0.5) is 0 Å². The molecule has 2 saturated heterocycles. The van der Waals surface area contributed by atoms with Gasteiger partial charge in [-0.15, -0.1) is 0 Å². The number of benzene rings is 1. The summed E-state index contributed by atoms with van der Waals surface area (Å²) in [6.45, 7) is 2.98. The molecular formula is C19H28N2O5S. The molecule has 0 bridgehead atoms. The van der Waals surface area contributed by atoms with Gasteiger partial charge in [0.25, 0.3) is 5.91 Å². The van der Waals surface area contributed by atoms with E-state index in [0.717, 1.165) is 44.3 Å². The van der Waals surface area contributed by atoms with Crippen LogP contribution < -0.4 is 9.46 Å². The van der Waals surface area contributed by atoms with Crippen molar-refractivity contribution in [2.45, 2.75) is 31.8 Å². The van der Waals surface area contributed by atoms with Gasteiger partial charge in [0.1, 0.15) is 12.4 Å². The van der Waals surface area contributed by atoms with Crippen LogP contribution in [0.3, 0.4) is 0 Å². The molecule has 0 radical (unpaired) electrons. The summed E-state index contributed by atoms with van der Waals surface area (Å²) in [5, 5.41) is 0. The Morgan fingerprint density at radius 3 is 2.70 bits per heavy atom. The highest BCUT2D eigenvalue weighted by atomic mass is 32.2. The highest BCUT2D eigenvalue weighted by Gasteiger charge is 2.25. The van der Waals surface area contributed by atoms with Crippen LogP contribution in [0.25, 0.3) is 0 Å². The van der Waals surface area contributed by atoms with Crippen LogP contribution >= 0.6 is 0 Å². The van der Waals surface area contributed by atoms with Crippen molar-refractivity contribution in [3.05, 3.63) is 29.8 Å². The molecule has 1 amide bonds. The Bertz CT molecular complexity index is 729. The van der Waals surface area contributed by atoms with Gasteiger partial charge in [-0.25, -0.2) is 13.1 Å². The second-order valence-electron chi connectivity index (χ2n) is 7.35. The minimum Gasteiger partial charge on any atom is -0.491 e. The van der Waals surface area contributed by atoms with Gasteiger partial charge in [0.2, 0.25) is 10.0 Å². The van der Waals surface area contributed by atoms with Crippen molar-refractivity contribution in [2.24, 2.45) is 5.92 Å². The summed E-state index contributed by atoms with van der Waals surface area (Å²) in [5.74, 6) is 0.854. The van der Waals surface area contributed by atoms with Gasteiger partial charge in [-0.1, -0.05) is 0 Å². The van der Waals surface area contributed by atoms with Gasteiger partial charge in [-0.3, -0.25) is 4.79 Å². The van der Waals surface area contributed by atoms with Gasteiger partial charge in [-0.2, -0.15) is 0 Å². The van der Waals surface area contributed by atoms with E-state index in [0.29, 0.717) is 31.8 Å². The van der Waals surface area contributed by atoms with Crippen LogP contribution in [-0.2, 0) is 14.8 Å². The number of likely N-dealkylation sites (tertiary alicyclic amines) is 1. The minimum absolute atomic E-state index is 0.0234. The predicted octanol–water partition coefficient (Wildman–Crippen LogP) is 1.65. The lowest BCUT2D eigenvalue weighted by molar-refractivity contribution is 0.0669. The average Bonchev–Trinajstić information content (AvgIpc) is 3.18. The Morgan fingerprint density at radius 2 is 2.04 bits per heavy atom. The number of sulfonamides is 1. The Hall–Kier alpha value is -1.64. The average molecular weight is 397 g/mol. The quantitative estimate of drug-likeness (QED) is 0.757. The Morgan fingerprint density at radius 1 is 1.26 bits per heavy atom. The molecule has 1 N–H and O–H groups in total. The number of piperidine rings is 1. The minimum atomic E-state index is -3.21. The van der Waals surface area contributed by atoms with E-state index < -0.39 is 10.0 Å². The highest BCUT2D eigenvalue weighted by Crippen LogP contribution is 2.21. The highest BCUT2D eigenvalue weighted by molar-refractivity contribution is 7.88. The van der Waals surface area contributed by atoms with Gasteiger partial charge in [0, 0.05) is 31.8 Å². The largest absolute Gasteiger partial charge is 0.491 e. The SMILES string of the molecule is CS(=O)(=O)NC[C@@H]1CCCN(C(=O)c2ccc(OC[C@@H]3CCCO3)cc2)C1. The van der Waals surface area contributed by atoms with Crippen LogP contribution in [0.2, 0.25) is 0 Å². The van der Waals surface area contributed by atoms with Crippen molar-refractivity contribution < 1.29 is 22.7 Å². The van der Waals surface area contributed by atoms with Gasteiger partial charge >= 0.3 is 0 Å². The molecule has 3 rings (SSSR count). The number of hydrogen-bond acceptors (Lipinski definition) is 5. The predicted molar refractivity (Wildman–Crippen MR) is 102 cm³/mol. The first-order valence-electron chi connectivity index (χ1n) is 9.49. The molecule has 0 saturated carbocycles. The third-order valence-electron chi connectivity index (χ3n) is 5.00. The molecule has 27 heavy (non-hydrogen) atoms. The second kappa shape index (κ2) is 9.03. The van der Waals surface area contributed by atoms with Crippen LogP contribution in [0.1, 0.15) is 36.0 Å². The van der Waals surface area contributed by atoms with Crippen LogP contribution in [0.5, 0.6) is 5.75 Å². The summed E-state index contributed by atoms with van der Waals surface area (Å²) >= 11 is 0. The number of rotatable bonds is 7. The van der Waals surface area contributed by atoms with E-state index in [4.69, 9.17) is 9.47 Å². The van der Waals surface area contributed by atoms with E-state index in [1.807, 2.05) is 12.1 Å². The molecule has 0 unspecified atom stereocenters. The normalized spacial score (nSPS) is 23.4. The number of nitrogens with one attached hydrogen (secondary N) is 1. The Kier molecular flexibility index (Phi) is 6.73. The van der Waals surface area contributed by atoms with Gasteiger partial charge in [-0.05, 0) is 55.9 Å². The molecule has 2 atom stereocenters. The first-order valence-corrected chi connectivity index (χ1v) is 11.4. The number of ether oxygens (including phenoxy) is 2. The zero-order chi connectivity index (χ0) is 19.3. The van der Waals surface area contributed by atoms with Crippen LogP contribution in [0, 0.1) is 5.92 Å². The number of amides is 1. The smallest absolute Gasteiger partial charge is 0.253 e. The monoisotopic (exact) mass is 396 g/mol. The molecule has 0 aromatic heterocycles. The number of hydrogen-bond donors (Lipinski definition) is 1. The van der Waals surface area contributed by atoms with Crippen LogP contribution in [0.15, 0.2) is 24.3 Å². The fourth-order valence-corrected chi connectivity index (χ4v) is 4.07. The third kappa shape index (κ3) is 6.19. The van der Waals surface area contributed by atoms with E-state index in [-0.39, 0.29) is 17.9 Å². The van der Waals surface area contributed by atoms with Crippen LogP contribution in [-0.4, -0.2) is 64.4 Å². The lowest BCUT2D eigenvalue weighted by atomic mass is 9.97. The molecular weight excluding hydrogens is 368 g/mol. The molecule has 2 heterocycles. The first-order chi connectivity index (χ1) is 12.9. The van der Waals surface area contributed by atoms with Gasteiger partial charge < -0.3 is 14.4 Å². The fraction of sp³-hybridized carbons (Fsp3) is 0.632. The Balaban J connectivity index is 1.51. The number of carbonyl (C=O) groups is 1. The molecule has 0 spiro atoms. The topological polar surface area (TPSA) is 84.9 Å². The van der Waals surface area contributed by atoms with Crippen molar-refractivity contribution >= 4 is 15.9 Å². The lowest BCUT2D eigenvalue weighted by Gasteiger charge is -2.32. The molecule has 150 valence electrons. The number of nitrogens with zero attached hydrogens (tertiary/aromatic N) is 1. The summed E-state index contributed by atoms with van der Waals surface area (Å²) < 4.78 is 36.4. The molecule has 2 aliphatic heterocycles. The van der Waals surface area contributed by atoms with Gasteiger partial charge in [0.05, 0.1) is 12.4 Å². The third-order valence-corrected chi connectivity index (χ3v) is 5.69. The summed E-state index contributed by atoms with van der Waals surface area (Å²) in [6, 6.07) is 7.20. The summed E-state index contributed by atoms with van der Waals surface area (Å²) in [5.41, 5.74) is 0.621. The first kappa shape index (κ1) is 20.1. The van der Waals surface area contributed by atoms with Crippen molar-refractivity contribution in [1.82, 2.24) is 9.62 Å². The molecule has 1 aromatic carbocycles. The summed E-state index contributed by atoms with van der Waals surface area (Å²) in [4.78, 5) is 14.6. The summed E-state index contributed by atoms with van der Waals surface area (Å²) in [6.07, 6.45) is 5.23. The van der Waals surface area contributed by atoms with Crippen molar-refractivity contribution in [3.63, 3.8) is 0 Å². The molecule has 2 fully saturated rings. The molecule has 1 aromatic rings. The molecule has 0 aliphatic carbocycles.